The second-order valence-corrected chi connectivity index (χ2v) is 4.58. The standard InChI is InChI=1S/C11H17BrN2O/c1-8-6-11(13-7-10(8)12)14-9(2)4-3-5-15/h6-7,9,15H,3-5H2,1-2H3,(H,13,14). The molecule has 0 amide bonds. The van der Waals surface area contributed by atoms with Crippen molar-refractivity contribution < 1.29 is 5.11 Å². The van der Waals surface area contributed by atoms with E-state index in [2.05, 4.69) is 33.2 Å². The van der Waals surface area contributed by atoms with Crippen LogP contribution in [-0.2, 0) is 0 Å². The fraction of sp³-hybridized carbons (Fsp3) is 0.545. The minimum atomic E-state index is 0.249. The highest BCUT2D eigenvalue weighted by Crippen LogP contribution is 2.18. The minimum absolute atomic E-state index is 0.249. The maximum atomic E-state index is 8.71. The third-order valence-electron chi connectivity index (χ3n) is 2.24. The Morgan fingerprint density at radius 3 is 2.93 bits per heavy atom. The van der Waals surface area contributed by atoms with Crippen molar-refractivity contribution in [3.05, 3.63) is 22.3 Å². The van der Waals surface area contributed by atoms with Crippen LogP contribution in [0.15, 0.2) is 16.7 Å². The molecule has 1 rings (SSSR count). The number of aliphatic hydroxyl groups is 1. The highest BCUT2D eigenvalue weighted by Gasteiger charge is 2.03. The largest absolute Gasteiger partial charge is 0.396 e. The summed E-state index contributed by atoms with van der Waals surface area (Å²) >= 11 is 3.41. The summed E-state index contributed by atoms with van der Waals surface area (Å²) in [5.74, 6) is 0.890. The molecule has 0 spiro atoms. The minimum Gasteiger partial charge on any atom is -0.396 e. The van der Waals surface area contributed by atoms with E-state index in [4.69, 9.17) is 5.11 Å². The van der Waals surface area contributed by atoms with Crippen molar-refractivity contribution in [3.63, 3.8) is 0 Å². The lowest BCUT2D eigenvalue weighted by atomic mass is 10.2. The van der Waals surface area contributed by atoms with Crippen molar-refractivity contribution in [2.75, 3.05) is 11.9 Å². The van der Waals surface area contributed by atoms with Crippen LogP contribution in [0.4, 0.5) is 5.82 Å². The zero-order chi connectivity index (χ0) is 11.3. The van der Waals surface area contributed by atoms with Crippen LogP contribution < -0.4 is 5.32 Å². The van der Waals surface area contributed by atoms with Gasteiger partial charge in [-0.05, 0) is 54.2 Å². The topological polar surface area (TPSA) is 45.1 Å². The van der Waals surface area contributed by atoms with E-state index < -0.39 is 0 Å². The van der Waals surface area contributed by atoms with Gasteiger partial charge in [0.1, 0.15) is 5.82 Å². The van der Waals surface area contributed by atoms with Crippen molar-refractivity contribution in [3.8, 4) is 0 Å². The normalized spacial score (nSPS) is 12.5. The Hall–Kier alpha value is -0.610. The molecule has 0 aliphatic carbocycles. The summed E-state index contributed by atoms with van der Waals surface area (Å²) in [6.45, 7) is 4.38. The van der Waals surface area contributed by atoms with Crippen LogP contribution in [0.3, 0.4) is 0 Å². The van der Waals surface area contributed by atoms with E-state index in [1.807, 2.05) is 13.0 Å². The molecule has 0 aliphatic rings. The van der Waals surface area contributed by atoms with Gasteiger partial charge in [-0.25, -0.2) is 4.98 Å². The first-order valence-electron chi connectivity index (χ1n) is 5.13. The molecule has 15 heavy (non-hydrogen) atoms. The predicted octanol–water partition coefficient (Wildman–Crippen LogP) is 2.73. The summed E-state index contributed by atoms with van der Waals surface area (Å²) < 4.78 is 1.02. The van der Waals surface area contributed by atoms with Gasteiger partial charge in [0.25, 0.3) is 0 Å². The number of nitrogens with zero attached hydrogens (tertiary/aromatic N) is 1. The van der Waals surface area contributed by atoms with E-state index >= 15 is 0 Å². The van der Waals surface area contributed by atoms with E-state index in [0.29, 0.717) is 6.04 Å². The summed E-state index contributed by atoms with van der Waals surface area (Å²) in [7, 11) is 0. The molecule has 0 aliphatic heterocycles. The van der Waals surface area contributed by atoms with E-state index in [0.717, 1.165) is 23.1 Å². The molecule has 1 heterocycles. The number of aromatic nitrogens is 1. The van der Waals surface area contributed by atoms with Gasteiger partial charge >= 0.3 is 0 Å². The summed E-state index contributed by atoms with van der Waals surface area (Å²) in [5, 5.41) is 12.0. The summed E-state index contributed by atoms with van der Waals surface area (Å²) in [6.07, 6.45) is 3.58. The maximum Gasteiger partial charge on any atom is 0.126 e. The van der Waals surface area contributed by atoms with Gasteiger partial charge in [0.05, 0.1) is 0 Å². The zero-order valence-electron chi connectivity index (χ0n) is 9.13. The number of aryl methyl sites for hydroxylation is 1. The lowest BCUT2D eigenvalue weighted by Gasteiger charge is -2.14. The second kappa shape index (κ2) is 6.08. The van der Waals surface area contributed by atoms with Gasteiger partial charge in [-0.2, -0.15) is 0 Å². The van der Waals surface area contributed by atoms with Crippen LogP contribution in [0.2, 0.25) is 0 Å². The molecule has 1 unspecified atom stereocenters. The molecule has 0 radical (unpaired) electrons. The number of hydrogen-bond acceptors (Lipinski definition) is 3. The van der Waals surface area contributed by atoms with Crippen molar-refractivity contribution in [1.29, 1.82) is 0 Å². The Balaban J connectivity index is 2.53. The van der Waals surface area contributed by atoms with Crippen LogP contribution in [0.1, 0.15) is 25.3 Å². The predicted molar refractivity (Wildman–Crippen MR) is 66.1 cm³/mol. The Kier molecular flexibility index (Phi) is 5.05. The number of anilines is 1. The monoisotopic (exact) mass is 272 g/mol. The van der Waals surface area contributed by atoms with Crippen LogP contribution in [0, 0.1) is 6.92 Å². The summed E-state index contributed by atoms with van der Waals surface area (Å²) in [4.78, 5) is 4.27. The highest BCUT2D eigenvalue weighted by molar-refractivity contribution is 9.10. The Morgan fingerprint density at radius 2 is 2.33 bits per heavy atom. The van der Waals surface area contributed by atoms with Crippen LogP contribution in [0.5, 0.6) is 0 Å². The fourth-order valence-corrected chi connectivity index (χ4v) is 1.56. The van der Waals surface area contributed by atoms with Crippen molar-refractivity contribution in [2.24, 2.45) is 0 Å². The van der Waals surface area contributed by atoms with E-state index in [-0.39, 0.29) is 6.61 Å². The SMILES string of the molecule is Cc1cc(NC(C)CCCO)ncc1Br. The molecule has 1 atom stereocenters. The second-order valence-electron chi connectivity index (χ2n) is 3.73. The molecule has 2 N–H and O–H groups in total. The lowest BCUT2D eigenvalue weighted by Crippen LogP contribution is -2.16. The smallest absolute Gasteiger partial charge is 0.126 e. The third kappa shape index (κ3) is 4.18. The van der Waals surface area contributed by atoms with Crippen LogP contribution in [0.25, 0.3) is 0 Å². The summed E-state index contributed by atoms with van der Waals surface area (Å²) in [6, 6.07) is 2.35. The molecule has 4 heteroatoms. The zero-order valence-corrected chi connectivity index (χ0v) is 10.7. The van der Waals surface area contributed by atoms with Gasteiger partial charge in [-0.3, -0.25) is 0 Å². The number of rotatable bonds is 5. The molecule has 0 saturated heterocycles. The first kappa shape index (κ1) is 12.5. The van der Waals surface area contributed by atoms with Gasteiger partial charge in [-0.15, -0.1) is 0 Å². The Morgan fingerprint density at radius 1 is 1.60 bits per heavy atom. The van der Waals surface area contributed by atoms with Gasteiger partial charge in [0.2, 0.25) is 0 Å². The molecular formula is C11H17BrN2O. The van der Waals surface area contributed by atoms with Crippen LogP contribution in [-0.4, -0.2) is 22.7 Å². The van der Waals surface area contributed by atoms with E-state index in [1.54, 1.807) is 6.20 Å². The highest BCUT2D eigenvalue weighted by atomic mass is 79.9. The fourth-order valence-electron chi connectivity index (χ4n) is 1.34. The van der Waals surface area contributed by atoms with E-state index in [9.17, 15) is 0 Å². The third-order valence-corrected chi connectivity index (χ3v) is 3.07. The number of nitrogens with one attached hydrogen (secondary N) is 1. The number of aliphatic hydroxyl groups excluding tert-OH is 1. The maximum absolute atomic E-state index is 8.71. The molecule has 0 saturated carbocycles. The van der Waals surface area contributed by atoms with Crippen molar-refractivity contribution in [1.82, 2.24) is 4.98 Å². The number of pyridine rings is 1. The number of halogens is 1. The van der Waals surface area contributed by atoms with Gasteiger partial charge in [-0.1, -0.05) is 0 Å². The van der Waals surface area contributed by atoms with Gasteiger partial charge in [0.15, 0.2) is 0 Å². The van der Waals surface area contributed by atoms with Crippen molar-refractivity contribution >= 4 is 21.7 Å². The lowest BCUT2D eigenvalue weighted by molar-refractivity contribution is 0.282. The molecule has 1 aromatic rings. The molecule has 3 nitrogen and oxygen atoms in total. The van der Waals surface area contributed by atoms with Crippen LogP contribution >= 0.6 is 15.9 Å². The van der Waals surface area contributed by atoms with Crippen molar-refractivity contribution in [2.45, 2.75) is 32.7 Å². The first-order chi connectivity index (χ1) is 7.13. The molecule has 0 bridgehead atoms. The van der Waals surface area contributed by atoms with Gasteiger partial charge in [0, 0.05) is 23.3 Å². The van der Waals surface area contributed by atoms with E-state index in [1.165, 1.54) is 5.56 Å². The van der Waals surface area contributed by atoms with Gasteiger partial charge < -0.3 is 10.4 Å². The first-order valence-corrected chi connectivity index (χ1v) is 5.92. The molecule has 0 fully saturated rings. The molecular weight excluding hydrogens is 256 g/mol. The Labute approximate surface area is 99.1 Å². The quantitative estimate of drug-likeness (QED) is 0.867. The number of hydrogen-bond donors (Lipinski definition) is 2. The average molecular weight is 273 g/mol. The molecule has 84 valence electrons. The Bertz CT molecular complexity index is 317. The summed E-state index contributed by atoms with van der Waals surface area (Å²) in [5.41, 5.74) is 1.17. The average Bonchev–Trinajstić information content (AvgIpc) is 2.20. The molecule has 0 aromatic carbocycles. The molecule has 1 aromatic heterocycles.